The highest BCUT2D eigenvalue weighted by Crippen LogP contribution is 2.34. The van der Waals surface area contributed by atoms with Gasteiger partial charge in [0.25, 0.3) is 0 Å². The molecule has 0 amide bonds. The molecular formula is C21H21N7O2. The van der Waals surface area contributed by atoms with Crippen molar-refractivity contribution in [3.8, 4) is 39.8 Å². The number of nitrogens with zero attached hydrogens (tertiary/aromatic N) is 4. The number of nitrogens with one attached hydrogen (secondary N) is 2. The molecule has 4 aromatic rings. The molecule has 0 bridgehead atoms. The van der Waals surface area contributed by atoms with Crippen LogP contribution in [0.2, 0.25) is 0 Å². The molecule has 1 aromatic carbocycles. The van der Waals surface area contributed by atoms with E-state index in [0.29, 0.717) is 47.0 Å². The summed E-state index contributed by atoms with van der Waals surface area (Å²) in [6.07, 6.45) is 3.31. The topological polar surface area (TPSA) is 124 Å². The first-order chi connectivity index (χ1) is 14.7. The predicted octanol–water partition coefficient (Wildman–Crippen LogP) is 3.55. The number of nitrogens with two attached hydrogens (primary N) is 1. The van der Waals surface area contributed by atoms with Gasteiger partial charge in [0.15, 0.2) is 11.6 Å². The predicted molar refractivity (Wildman–Crippen MR) is 114 cm³/mol. The van der Waals surface area contributed by atoms with Crippen molar-refractivity contribution < 1.29 is 9.57 Å². The molecule has 0 saturated carbocycles. The van der Waals surface area contributed by atoms with E-state index in [9.17, 15) is 0 Å². The fourth-order valence-electron chi connectivity index (χ4n) is 2.93. The third kappa shape index (κ3) is 3.91. The van der Waals surface area contributed by atoms with Crippen LogP contribution in [-0.4, -0.2) is 38.6 Å². The van der Waals surface area contributed by atoms with Gasteiger partial charge in [-0.3, -0.25) is 4.84 Å². The summed E-state index contributed by atoms with van der Waals surface area (Å²) in [5.41, 5.74) is 12.3. The Bertz CT molecular complexity index is 1150. The Morgan fingerprint density at radius 3 is 2.67 bits per heavy atom. The van der Waals surface area contributed by atoms with Gasteiger partial charge in [-0.05, 0) is 19.1 Å². The number of H-pyrrole nitrogens is 1. The Morgan fingerprint density at radius 2 is 1.90 bits per heavy atom. The van der Waals surface area contributed by atoms with Gasteiger partial charge >= 0.3 is 0 Å². The molecule has 3 aromatic heterocycles. The van der Waals surface area contributed by atoms with Gasteiger partial charge in [-0.1, -0.05) is 30.3 Å². The molecular weight excluding hydrogens is 382 g/mol. The first-order valence-electron chi connectivity index (χ1n) is 9.36. The summed E-state index contributed by atoms with van der Waals surface area (Å²) in [6, 6.07) is 13.4. The van der Waals surface area contributed by atoms with Crippen molar-refractivity contribution in [1.82, 2.24) is 24.9 Å². The molecule has 9 heteroatoms. The van der Waals surface area contributed by atoms with Gasteiger partial charge in [0.2, 0.25) is 5.95 Å². The molecule has 0 aliphatic heterocycles. The van der Waals surface area contributed by atoms with Crippen LogP contribution in [0.4, 0.5) is 11.8 Å². The molecule has 3 heterocycles. The number of aromatic nitrogens is 5. The molecule has 0 saturated heterocycles. The summed E-state index contributed by atoms with van der Waals surface area (Å²) in [5, 5.41) is 0. The van der Waals surface area contributed by atoms with Gasteiger partial charge in [-0.2, -0.15) is 0 Å². The Morgan fingerprint density at radius 1 is 1.07 bits per heavy atom. The van der Waals surface area contributed by atoms with Gasteiger partial charge in [0, 0.05) is 23.5 Å². The molecule has 0 radical (unpaired) electrons. The Kier molecular flexibility index (Phi) is 5.53. The summed E-state index contributed by atoms with van der Waals surface area (Å²) in [4.78, 5) is 26.4. The summed E-state index contributed by atoms with van der Waals surface area (Å²) in [7, 11) is 1.55. The maximum atomic E-state index is 5.88. The smallest absolute Gasteiger partial charge is 0.247 e. The van der Waals surface area contributed by atoms with E-state index in [1.807, 2.05) is 37.3 Å². The van der Waals surface area contributed by atoms with Crippen molar-refractivity contribution in [2.24, 2.45) is 0 Å². The summed E-state index contributed by atoms with van der Waals surface area (Å²) < 4.78 is 5.33. The maximum Gasteiger partial charge on any atom is 0.247 e. The van der Waals surface area contributed by atoms with Crippen molar-refractivity contribution in [2.75, 3.05) is 24.9 Å². The third-order valence-corrected chi connectivity index (χ3v) is 4.35. The van der Waals surface area contributed by atoms with Crippen molar-refractivity contribution in [3.05, 3.63) is 54.9 Å². The van der Waals surface area contributed by atoms with Gasteiger partial charge in [-0.15, -0.1) is 0 Å². The third-order valence-electron chi connectivity index (χ3n) is 4.35. The van der Waals surface area contributed by atoms with E-state index < -0.39 is 0 Å². The number of hydrogen-bond donors (Lipinski definition) is 3. The van der Waals surface area contributed by atoms with Crippen LogP contribution in [0.25, 0.3) is 34.0 Å². The second-order valence-corrected chi connectivity index (χ2v) is 6.29. The van der Waals surface area contributed by atoms with E-state index in [2.05, 4.69) is 25.4 Å². The van der Waals surface area contributed by atoms with Gasteiger partial charge in [-0.25, -0.2) is 25.4 Å². The van der Waals surface area contributed by atoms with Crippen LogP contribution in [-0.2, 0) is 4.84 Å². The fourth-order valence-corrected chi connectivity index (χ4v) is 2.93. The van der Waals surface area contributed by atoms with Gasteiger partial charge in [0.05, 0.1) is 25.1 Å². The number of benzene rings is 1. The second-order valence-electron chi connectivity index (χ2n) is 6.29. The lowest BCUT2D eigenvalue weighted by Gasteiger charge is -2.08. The van der Waals surface area contributed by atoms with Crippen molar-refractivity contribution >= 4 is 11.8 Å². The van der Waals surface area contributed by atoms with Crippen LogP contribution in [0, 0.1) is 0 Å². The van der Waals surface area contributed by atoms with Crippen LogP contribution in [0.5, 0.6) is 5.75 Å². The molecule has 0 atom stereocenters. The second kappa shape index (κ2) is 8.58. The van der Waals surface area contributed by atoms with E-state index in [1.165, 1.54) is 0 Å². The number of aromatic amines is 1. The number of pyridine rings is 1. The number of hydrogen-bond acceptors (Lipinski definition) is 8. The standard InChI is InChI=1S/C21H21N7O2/c1-3-30-28-21-23-10-9-15(25-21)18-17(14-11-16(29-2)19(22)24-12-14)26-20(27-18)13-7-5-4-6-8-13/h4-12H,3H2,1-2H3,(H2,22,24)(H,26,27)(H,23,25,28). The first-order valence-corrected chi connectivity index (χ1v) is 9.36. The molecule has 0 aliphatic carbocycles. The highest BCUT2D eigenvalue weighted by atomic mass is 16.6. The summed E-state index contributed by atoms with van der Waals surface area (Å²) in [5.74, 6) is 1.84. The molecule has 0 spiro atoms. The summed E-state index contributed by atoms with van der Waals surface area (Å²) >= 11 is 0. The largest absolute Gasteiger partial charge is 0.493 e. The lowest BCUT2D eigenvalue weighted by atomic mass is 10.1. The lowest BCUT2D eigenvalue weighted by molar-refractivity contribution is 0.207. The number of methoxy groups -OCH3 is 1. The molecule has 0 aliphatic rings. The van der Waals surface area contributed by atoms with Gasteiger partial charge in [0.1, 0.15) is 11.5 Å². The Hall–Kier alpha value is -3.98. The first kappa shape index (κ1) is 19.3. The highest BCUT2D eigenvalue weighted by Gasteiger charge is 2.18. The van der Waals surface area contributed by atoms with Crippen LogP contribution < -0.4 is 16.0 Å². The molecule has 9 nitrogen and oxygen atoms in total. The van der Waals surface area contributed by atoms with E-state index in [4.69, 9.17) is 20.3 Å². The molecule has 4 rings (SSSR count). The van der Waals surface area contributed by atoms with E-state index in [0.717, 1.165) is 11.1 Å². The van der Waals surface area contributed by atoms with Crippen LogP contribution >= 0.6 is 0 Å². The number of nitrogen functional groups attached to an aromatic ring is 1. The minimum absolute atomic E-state index is 0.312. The van der Waals surface area contributed by atoms with Crippen molar-refractivity contribution in [2.45, 2.75) is 6.92 Å². The van der Waals surface area contributed by atoms with E-state index in [-0.39, 0.29) is 0 Å². The van der Waals surface area contributed by atoms with Crippen LogP contribution in [0.1, 0.15) is 6.92 Å². The maximum absolute atomic E-state index is 5.88. The lowest BCUT2D eigenvalue weighted by Crippen LogP contribution is -2.04. The zero-order valence-corrected chi connectivity index (χ0v) is 16.6. The zero-order valence-electron chi connectivity index (χ0n) is 16.6. The Labute approximate surface area is 173 Å². The van der Waals surface area contributed by atoms with Crippen molar-refractivity contribution in [3.63, 3.8) is 0 Å². The average molecular weight is 403 g/mol. The van der Waals surface area contributed by atoms with Crippen LogP contribution in [0.3, 0.4) is 0 Å². The number of imidazole rings is 1. The molecule has 152 valence electrons. The van der Waals surface area contributed by atoms with Crippen LogP contribution in [0.15, 0.2) is 54.9 Å². The SMILES string of the molecule is CCONc1nccc(-c2[nH]c(-c3ccccc3)nc2-c2cnc(N)c(OC)c2)n1. The Balaban J connectivity index is 1.86. The number of ether oxygens (including phenoxy) is 1. The minimum Gasteiger partial charge on any atom is -0.493 e. The highest BCUT2D eigenvalue weighted by molar-refractivity contribution is 5.80. The molecule has 0 fully saturated rings. The summed E-state index contributed by atoms with van der Waals surface area (Å²) in [6.45, 7) is 2.36. The quantitative estimate of drug-likeness (QED) is 0.400. The van der Waals surface area contributed by atoms with Crippen molar-refractivity contribution in [1.29, 1.82) is 0 Å². The minimum atomic E-state index is 0.312. The normalized spacial score (nSPS) is 10.7. The molecule has 4 N–H and O–H groups in total. The molecule has 30 heavy (non-hydrogen) atoms. The number of anilines is 2. The monoisotopic (exact) mass is 403 g/mol. The van der Waals surface area contributed by atoms with E-state index in [1.54, 1.807) is 31.6 Å². The van der Waals surface area contributed by atoms with Gasteiger partial charge < -0.3 is 15.5 Å². The van der Waals surface area contributed by atoms with E-state index >= 15 is 0 Å². The average Bonchev–Trinajstić information content (AvgIpc) is 3.24. The fraction of sp³-hybridized carbons (Fsp3) is 0.143. The zero-order chi connectivity index (χ0) is 20.9. The number of rotatable bonds is 7. The molecule has 0 unspecified atom stereocenters.